The Labute approximate surface area is 119 Å². The molecule has 0 unspecified atom stereocenters. The molecule has 0 heterocycles. The van der Waals surface area contributed by atoms with Crippen molar-refractivity contribution in [1.29, 1.82) is 0 Å². The zero-order valence-electron chi connectivity index (χ0n) is 11.0. The van der Waals surface area contributed by atoms with Crippen molar-refractivity contribution in [3.05, 3.63) is 59.1 Å². The monoisotopic (exact) mass is 275 g/mol. The number of ether oxygens (including phenoxy) is 1. The van der Waals surface area contributed by atoms with E-state index in [0.29, 0.717) is 0 Å². The molecule has 2 aromatic carbocycles. The summed E-state index contributed by atoms with van der Waals surface area (Å²) in [7, 11) is 1.67. The Kier molecular flexibility index (Phi) is 5.10. The van der Waals surface area contributed by atoms with Crippen LogP contribution >= 0.6 is 11.6 Å². The third-order valence-electron chi connectivity index (χ3n) is 3.00. The van der Waals surface area contributed by atoms with Gasteiger partial charge in [-0.15, -0.1) is 0 Å². The van der Waals surface area contributed by atoms with E-state index < -0.39 is 0 Å². The second-order valence-electron chi connectivity index (χ2n) is 4.35. The predicted octanol–water partition coefficient (Wildman–Crippen LogP) is 4.39. The number of anilines is 1. The molecule has 0 spiro atoms. The first-order chi connectivity index (χ1) is 9.29. The van der Waals surface area contributed by atoms with Crippen LogP contribution < -0.4 is 10.1 Å². The Hall–Kier alpha value is -1.67. The molecule has 3 heteroatoms. The van der Waals surface area contributed by atoms with Crippen molar-refractivity contribution in [3.63, 3.8) is 0 Å². The Morgan fingerprint density at radius 2 is 1.79 bits per heavy atom. The van der Waals surface area contributed by atoms with Gasteiger partial charge in [0.2, 0.25) is 0 Å². The average molecular weight is 276 g/mol. The normalized spacial score (nSPS) is 10.2. The molecule has 2 nitrogen and oxygen atoms in total. The van der Waals surface area contributed by atoms with Crippen LogP contribution in [-0.2, 0) is 6.42 Å². The van der Waals surface area contributed by atoms with E-state index in [1.807, 2.05) is 42.5 Å². The first kappa shape index (κ1) is 13.8. The highest BCUT2D eigenvalue weighted by Gasteiger charge is 1.98. The first-order valence-corrected chi connectivity index (χ1v) is 6.79. The van der Waals surface area contributed by atoms with Gasteiger partial charge in [0, 0.05) is 17.3 Å². The van der Waals surface area contributed by atoms with Crippen LogP contribution in [0.15, 0.2) is 48.5 Å². The number of aryl methyl sites for hydroxylation is 1. The van der Waals surface area contributed by atoms with Gasteiger partial charge in [-0.3, -0.25) is 0 Å². The van der Waals surface area contributed by atoms with Gasteiger partial charge < -0.3 is 10.1 Å². The molecular weight excluding hydrogens is 258 g/mol. The largest absolute Gasteiger partial charge is 0.497 e. The van der Waals surface area contributed by atoms with Crippen molar-refractivity contribution in [3.8, 4) is 5.75 Å². The van der Waals surface area contributed by atoms with E-state index in [-0.39, 0.29) is 0 Å². The fraction of sp³-hybridized carbons (Fsp3) is 0.250. The highest BCUT2D eigenvalue weighted by Crippen LogP contribution is 2.17. The number of nitrogens with one attached hydrogen (secondary N) is 1. The molecule has 1 N–H and O–H groups in total. The first-order valence-electron chi connectivity index (χ1n) is 6.41. The van der Waals surface area contributed by atoms with E-state index in [2.05, 4.69) is 11.4 Å². The van der Waals surface area contributed by atoms with Crippen LogP contribution in [0.5, 0.6) is 5.75 Å². The van der Waals surface area contributed by atoms with Crippen molar-refractivity contribution in [2.24, 2.45) is 0 Å². The maximum absolute atomic E-state index is 6.12. The lowest BCUT2D eigenvalue weighted by molar-refractivity contribution is 0.415. The van der Waals surface area contributed by atoms with Crippen LogP contribution in [0.3, 0.4) is 0 Å². The molecule has 2 rings (SSSR count). The Morgan fingerprint density at radius 3 is 2.47 bits per heavy atom. The molecule has 0 aromatic heterocycles. The molecule has 0 aliphatic heterocycles. The van der Waals surface area contributed by atoms with Crippen LogP contribution in [0.1, 0.15) is 12.0 Å². The quantitative estimate of drug-likeness (QED) is 0.789. The maximum Gasteiger partial charge on any atom is 0.119 e. The van der Waals surface area contributed by atoms with E-state index in [1.54, 1.807) is 7.11 Å². The predicted molar refractivity (Wildman–Crippen MR) is 81.3 cm³/mol. The molecule has 0 atom stereocenters. The van der Waals surface area contributed by atoms with Gasteiger partial charge in [0.15, 0.2) is 0 Å². The van der Waals surface area contributed by atoms with Crippen molar-refractivity contribution in [2.45, 2.75) is 12.8 Å². The molecule has 0 bridgehead atoms. The smallest absolute Gasteiger partial charge is 0.119 e. The highest BCUT2D eigenvalue weighted by atomic mass is 35.5. The standard InChI is InChI=1S/C16H18ClNO/c1-19-15-10-8-14(9-11-15)18-12-4-6-13-5-2-3-7-16(13)17/h2-3,5,7-11,18H,4,6,12H2,1H3. The molecule has 0 amide bonds. The summed E-state index contributed by atoms with van der Waals surface area (Å²) in [4.78, 5) is 0. The van der Waals surface area contributed by atoms with E-state index in [9.17, 15) is 0 Å². The van der Waals surface area contributed by atoms with E-state index in [1.165, 1.54) is 5.56 Å². The topological polar surface area (TPSA) is 21.3 Å². The Morgan fingerprint density at radius 1 is 1.05 bits per heavy atom. The number of rotatable bonds is 6. The number of halogens is 1. The summed E-state index contributed by atoms with van der Waals surface area (Å²) >= 11 is 6.12. The highest BCUT2D eigenvalue weighted by molar-refractivity contribution is 6.31. The second kappa shape index (κ2) is 7.05. The maximum atomic E-state index is 6.12. The minimum atomic E-state index is 0.854. The van der Waals surface area contributed by atoms with E-state index in [0.717, 1.165) is 35.8 Å². The zero-order chi connectivity index (χ0) is 13.5. The minimum Gasteiger partial charge on any atom is -0.497 e. The van der Waals surface area contributed by atoms with Gasteiger partial charge in [-0.25, -0.2) is 0 Å². The summed E-state index contributed by atoms with van der Waals surface area (Å²) in [5, 5.41) is 4.24. The SMILES string of the molecule is COc1ccc(NCCCc2ccccc2Cl)cc1. The molecule has 100 valence electrons. The Bertz CT molecular complexity index is 510. The molecule has 0 saturated heterocycles. The van der Waals surface area contributed by atoms with Crippen molar-refractivity contribution in [2.75, 3.05) is 19.0 Å². The van der Waals surface area contributed by atoms with E-state index >= 15 is 0 Å². The summed E-state index contributed by atoms with van der Waals surface area (Å²) in [6, 6.07) is 16.0. The summed E-state index contributed by atoms with van der Waals surface area (Å²) < 4.78 is 5.12. The summed E-state index contributed by atoms with van der Waals surface area (Å²) in [5.74, 6) is 0.876. The Balaban J connectivity index is 1.76. The van der Waals surface area contributed by atoms with Crippen LogP contribution in [0.2, 0.25) is 5.02 Å². The molecule has 19 heavy (non-hydrogen) atoms. The fourth-order valence-electron chi connectivity index (χ4n) is 1.92. The van der Waals surface area contributed by atoms with Crippen molar-refractivity contribution >= 4 is 17.3 Å². The van der Waals surface area contributed by atoms with Gasteiger partial charge in [-0.2, -0.15) is 0 Å². The molecule has 0 aliphatic rings. The summed E-state index contributed by atoms with van der Waals surface area (Å²) in [6.45, 7) is 0.928. The summed E-state index contributed by atoms with van der Waals surface area (Å²) in [6.07, 6.45) is 2.04. The third kappa shape index (κ3) is 4.18. The molecule has 0 fully saturated rings. The average Bonchev–Trinajstić information content (AvgIpc) is 2.46. The van der Waals surface area contributed by atoms with Gasteiger partial charge in [0.1, 0.15) is 5.75 Å². The van der Waals surface area contributed by atoms with Gasteiger partial charge in [0.25, 0.3) is 0 Å². The second-order valence-corrected chi connectivity index (χ2v) is 4.76. The number of benzene rings is 2. The lowest BCUT2D eigenvalue weighted by Crippen LogP contribution is -2.03. The lowest BCUT2D eigenvalue weighted by Gasteiger charge is -2.08. The van der Waals surface area contributed by atoms with Gasteiger partial charge in [0.05, 0.1) is 7.11 Å². The van der Waals surface area contributed by atoms with Crippen LogP contribution in [-0.4, -0.2) is 13.7 Å². The van der Waals surface area contributed by atoms with Crippen LogP contribution in [0.25, 0.3) is 0 Å². The minimum absolute atomic E-state index is 0.854. The van der Waals surface area contributed by atoms with Crippen molar-refractivity contribution < 1.29 is 4.74 Å². The molecule has 0 radical (unpaired) electrons. The van der Waals surface area contributed by atoms with Crippen LogP contribution in [0.4, 0.5) is 5.69 Å². The van der Waals surface area contributed by atoms with Crippen molar-refractivity contribution in [1.82, 2.24) is 0 Å². The molecular formula is C16H18ClNO. The number of hydrogen-bond donors (Lipinski definition) is 1. The van der Waals surface area contributed by atoms with Crippen LogP contribution in [0, 0.1) is 0 Å². The van der Waals surface area contributed by atoms with Gasteiger partial charge in [-0.1, -0.05) is 29.8 Å². The third-order valence-corrected chi connectivity index (χ3v) is 3.37. The number of hydrogen-bond acceptors (Lipinski definition) is 2. The molecule has 0 saturated carbocycles. The summed E-state index contributed by atoms with van der Waals surface area (Å²) in [5.41, 5.74) is 2.32. The van der Waals surface area contributed by atoms with Gasteiger partial charge in [-0.05, 0) is 48.7 Å². The lowest BCUT2D eigenvalue weighted by atomic mass is 10.1. The fourth-order valence-corrected chi connectivity index (χ4v) is 2.15. The van der Waals surface area contributed by atoms with Gasteiger partial charge >= 0.3 is 0 Å². The number of methoxy groups -OCH3 is 1. The molecule has 2 aromatic rings. The zero-order valence-corrected chi connectivity index (χ0v) is 11.8. The van der Waals surface area contributed by atoms with E-state index in [4.69, 9.17) is 16.3 Å². The molecule has 0 aliphatic carbocycles.